The first-order chi connectivity index (χ1) is 5.22. The van der Waals surface area contributed by atoms with Gasteiger partial charge in [-0.3, -0.25) is 0 Å². The van der Waals surface area contributed by atoms with E-state index in [9.17, 15) is 0 Å². The molecule has 0 aliphatic heterocycles. The molecule has 0 bridgehead atoms. The fourth-order valence-electron chi connectivity index (χ4n) is 0.707. The third-order valence-electron chi connectivity index (χ3n) is 1.07. The molecule has 0 spiro atoms. The maximum Gasteiger partial charge on any atom is 0.222 e. The van der Waals surface area contributed by atoms with Crippen LogP contribution in [-0.4, -0.2) is 16.5 Å². The van der Waals surface area contributed by atoms with Crippen molar-refractivity contribution in [3.05, 3.63) is 9.77 Å². The molecule has 3 N–H and O–H groups in total. The lowest BCUT2D eigenvalue weighted by Gasteiger charge is -2.02. The van der Waals surface area contributed by atoms with Gasteiger partial charge in [-0.25, -0.2) is 4.98 Å². The van der Waals surface area contributed by atoms with E-state index in [4.69, 9.17) is 5.73 Å². The van der Waals surface area contributed by atoms with Crippen LogP contribution >= 0.6 is 22.6 Å². The summed E-state index contributed by atoms with van der Waals surface area (Å²) >= 11 is 2.10. The first-order valence-electron chi connectivity index (χ1n) is 3.26. The minimum absolute atomic E-state index is 0.313. The maximum absolute atomic E-state index is 5.42. The molecule has 5 heteroatoms. The van der Waals surface area contributed by atoms with Crippen molar-refractivity contribution in [1.82, 2.24) is 9.97 Å². The molecule has 0 aromatic carbocycles. The molecule has 0 atom stereocenters. The highest BCUT2D eigenvalue weighted by Crippen LogP contribution is 2.09. The summed E-state index contributed by atoms with van der Waals surface area (Å²) in [6.07, 6.45) is 0. The van der Waals surface area contributed by atoms with E-state index in [1.54, 1.807) is 0 Å². The molecule has 4 nitrogen and oxygen atoms in total. The standard InChI is InChI=1S/C6H9IN4/c1-2-9-5-3-4(7)10-6(8)11-5/h3H,2H2,1H3,(H3,8,9,10,11). The molecular formula is C6H9IN4. The second-order valence-electron chi connectivity index (χ2n) is 1.96. The number of anilines is 2. The van der Waals surface area contributed by atoms with Gasteiger partial charge in [0, 0.05) is 12.6 Å². The fourth-order valence-corrected chi connectivity index (χ4v) is 1.25. The second kappa shape index (κ2) is 3.70. The van der Waals surface area contributed by atoms with Gasteiger partial charge < -0.3 is 11.1 Å². The Morgan fingerprint density at radius 1 is 1.64 bits per heavy atom. The number of aromatic nitrogens is 2. The lowest BCUT2D eigenvalue weighted by molar-refractivity contribution is 1.11. The van der Waals surface area contributed by atoms with Crippen molar-refractivity contribution in [2.45, 2.75) is 6.92 Å². The first kappa shape index (κ1) is 8.51. The predicted octanol–water partition coefficient (Wildman–Crippen LogP) is 1.10. The fraction of sp³-hybridized carbons (Fsp3) is 0.333. The van der Waals surface area contributed by atoms with Gasteiger partial charge in [0.2, 0.25) is 5.95 Å². The highest BCUT2D eigenvalue weighted by molar-refractivity contribution is 14.1. The van der Waals surface area contributed by atoms with E-state index in [-0.39, 0.29) is 0 Å². The number of nitrogens with zero attached hydrogens (tertiary/aromatic N) is 2. The molecule has 0 radical (unpaired) electrons. The maximum atomic E-state index is 5.42. The quantitative estimate of drug-likeness (QED) is 0.620. The molecule has 11 heavy (non-hydrogen) atoms. The molecule has 1 aromatic rings. The van der Waals surface area contributed by atoms with Crippen LogP contribution in [0.2, 0.25) is 0 Å². The Morgan fingerprint density at radius 2 is 2.36 bits per heavy atom. The SMILES string of the molecule is CCNc1cc(I)nc(N)n1. The van der Waals surface area contributed by atoms with Gasteiger partial charge in [-0.1, -0.05) is 0 Å². The van der Waals surface area contributed by atoms with Crippen LogP contribution in [0.4, 0.5) is 11.8 Å². The third-order valence-corrected chi connectivity index (χ3v) is 1.62. The van der Waals surface area contributed by atoms with E-state index in [0.29, 0.717) is 5.95 Å². The Labute approximate surface area is 78.8 Å². The molecule has 1 aromatic heterocycles. The molecule has 0 fully saturated rings. The predicted molar refractivity (Wildman–Crippen MR) is 53.3 cm³/mol. The van der Waals surface area contributed by atoms with Crippen molar-refractivity contribution in [1.29, 1.82) is 0 Å². The normalized spacial score (nSPS) is 9.64. The highest BCUT2D eigenvalue weighted by atomic mass is 127. The van der Waals surface area contributed by atoms with Crippen LogP contribution in [0.3, 0.4) is 0 Å². The lowest BCUT2D eigenvalue weighted by atomic mass is 10.5. The summed E-state index contributed by atoms with van der Waals surface area (Å²) in [7, 11) is 0. The molecule has 0 unspecified atom stereocenters. The minimum Gasteiger partial charge on any atom is -0.370 e. The summed E-state index contributed by atoms with van der Waals surface area (Å²) in [5, 5.41) is 3.05. The first-order valence-corrected chi connectivity index (χ1v) is 4.34. The number of halogens is 1. The summed E-state index contributed by atoms with van der Waals surface area (Å²) in [6.45, 7) is 2.84. The van der Waals surface area contributed by atoms with Crippen LogP contribution in [0.5, 0.6) is 0 Å². The highest BCUT2D eigenvalue weighted by Gasteiger charge is 1.96. The van der Waals surface area contributed by atoms with Gasteiger partial charge in [0.05, 0.1) is 0 Å². The average molecular weight is 264 g/mol. The number of rotatable bonds is 2. The van der Waals surface area contributed by atoms with Gasteiger partial charge in [0.1, 0.15) is 9.52 Å². The summed E-state index contributed by atoms with van der Waals surface area (Å²) < 4.78 is 0.853. The van der Waals surface area contributed by atoms with Crippen LogP contribution in [0.15, 0.2) is 6.07 Å². The van der Waals surface area contributed by atoms with E-state index in [2.05, 4.69) is 37.9 Å². The van der Waals surface area contributed by atoms with E-state index in [0.717, 1.165) is 16.1 Å². The summed E-state index contributed by atoms with van der Waals surface area (Å²) in [4.78, 5) is 7.90. The van der Waals surface area contributed by atoms with Crippen molar-refractivity contribution < 1.29 is 0 Å². The van der Waals surface area contributed by atoms with E-state index >= 15 is 0 Å². The summed E-state index contributed by atoms with van der Waals surface area (Å²) in [5.41, 5.74) is 5.42. The van der Waals surface area contributed by atoms with Gasteiger partial charge in [0.15, 0.2) is 0 Å². The van der Waals surface area contributed by atoms with Crippen molar-refractivity contribution in [3.63, 3.8) is 0 Å². The molecule has 0 aliphatic rings. The summed E-state index contributed by atoms with van der Waals surface area (Å²) in [5.74, 6) is 1.09. The Hall–Kier alpha value is -0.590. The molecule has 0 saturated heterocycles. The minimum atomic E-state index is 0.313. The van der Waals surface area contributed by atoms with E-state index in [1.165, 1.54) is 0 Å². The van der Waals surface area contributed by atoms with Gasteiger partial charge in [-0.2, -0.15) is 4.98 Å². The van der Waals surface area contributed by atoms with Crippen molar-refractivity contribution >= 4 is 34.4 Å². The molecule has 0 aliphatic carbocycles. The Balaban J connectivity index is 2.89. The zero-order valence-electron chi connectivity index (χ0n) is 6.13. The molecule has 1 rings (SSSR count). The third kappa shape index (κ3) is 2.49. The largest absolute Gasteiger partial charge is 0.370 e. The number of hydrogen-bond donors (Lipinski definition) is 2. The van der Waals surface area contributed by atoms with Crippen molar-refractivity contribution in [3.8, 4) is 0 Å². The zero-order chi connectivity index (χ0) is 8.27. The second-order valence-corrected chi connectivity index (χ2v) is 3.07. The van der Waals surface area contributed by atoms with Crippen molar-refractivity contribution in [2.24, 2.45) is 0 Å². The topological polar surface area (TPSA) is 63.8 Å². The smallest absolute Gasteiger partial charge is 0.222 e. The summed E-state index contributed by atoms with van der Waals surface area (Å²) in [6, 6.07) is 1.85. The van der Waals surface area contributed by atoms with Gasteiger partial charge in [0.25, 0.3) is 0 Å². The van der Waals surface area contributed by atoms with Crippen LogP contribution in [0.1, 0.15) is 6.92 Å². The number of hydrogen-bond acceptors (Lipinski definition) is 4. The molecule has 1 heterocycles. The Morgan fingerprint density at radius 3 is 2.91 bits per heavy atom. The number of nitrogen functional groups attached to an aromatic ring is 1. The molecule has 0 saturated carbocycles. The average Bonchev–Trinajstić information content (AvgIpc) is 1.85. The number of nitrogens with one attached hydrogen (secondary N) is 1. The van der Waals surface area contributed by atoms with Crippen LogP contribution in [0.25, 0.3) is 0 Å². The van der Waals surface area contributed by atoms with Gasteiger partial charge >= 0.3 is 0 Å². The molecule has 0 amide bonds. The van der Waals surface area contributed by atoms with Crippen molar-refractivity contribution in [2.75, 3.05) is 17.6 Å². The zero-order valence-corrected chi connectivity index (χ0v) is 8.29. The van der Waals surface area contributed by atoms with Gasteiger partial charge in [-0.15, -0.1) is 0 Å². The monoisotopic (exact) mass is 264 g/mol. The lowest BCUT2D eigenvalue weighted by Crippen LogP contribution is -2.03. The Kier molecular flexibility index (Phi) is 2.86. The molecule has 60 valence electrons. The Bertz CT molecular complexity index is 230. The van der Waals surface area contributed by atoms with E-state index < -0.39 is 0 Å². The molecular weight excluding hydrogens is 255 g/mol. The van der Waals surface area contributed by atoms with E-state index in [1.807, 2.05) is 13.0 Å². The van der Waals surface area contributed by atoms with Crippen LogP contribution in [-0.2, 0) is 0 Å². The van der Waals surface area contributed by atoms with Crippen LogP contribution < -0.4 is 11.1 Å². The number of nitrogens with two attached hydrogens (primary N) is 1. The van der Waals surface area contributed by atoms with Gasteiger partial charge in [-0.05, 0) is 29.5 Å². The van der Waals surface area contributed by atoms with Crippen LogP contribution in [0, 0.1) is 3.70 Å².